The Kier molecular flexibility index (Phi) is 4.46. The van der Waals surface area contributed by atoms with Crippen molar-refractivity contribution in [1.82, 2.24) is 4.98 Å². The van der Waals surface area contributed by atoms with Crippen molar-refractivity contribution >= 4 is 10.8 Å². The van der Waals surface area contributed by atoms with Gasteiger partial charge in [0.1, 0.15) is 0 Å². The fraction of sp³-hybridized carbons (Fsp3) is 0.400. The lowest BCUT2D eigenvalue weighted by molar-refractivity contribution is 1.15. The van der Waals surface area contributed by atoms with Gasteiger partial charge in [-0.1, -0.05) is 0 Å². The van der Waals surface area contributed by atoms with Crippen LogP contribution in [0.2, 0.25) is 0 Å². The second kappa shape index (κ2) is 6.23. The first-order valence-corrected chi connectivity index (χ1v) is 9.52. The minimum atomic E-state index is 1.13. The molecule has 1 nitrogen and oxygen atoms in total. The monoisotopic (exact) mass is 345 g/mol. The van der Waals surface area contributed by atoms with Crippen molar-refractivity contribution in [3.05, 3.63) is 61.8 Å². The van der Waals surface area contributed by atoms with E-state index in [1.807, 2.05) is 0 Å². The summed E-state index contributed by atoms with van der Waals surface area (Å²) < 4.78 is 0. The second-order valence-electron chi connectivity index (χ2n) is 8.04. The third kappa shape index (κ3) is 2.48. The van der Waals surface area contributed by atoms with Crippen LogP contribution >= 0.6 is 0 Å². The van der Waals surface area contributed by atoms with Crippen molar-refractivity contribution in [2.24, 2.45) is 0 Å². The predicted molar refractivity (Wildman–Crippen MR) is 115 cm³/mol. The van der Waals surface area contributed by atoms with E-state index in [-0.39, 0.29) is 0 Å². The fourth-order valence-electron chi connectivity index (χ4n) is 4.22. The highest BCUT2D eigenvalue weighted by Crippen LogP contribution is 2.40. The third-order valence-electron chi connectivity index (χ3n) is 6.86. The van der Waals surface area contributed by atoms with Gasteiger partial charge in [-0.2, -0.15) is 0 Å². The van der Waals surface area contributed by atoms with Crippen molar-refractivity contribution in [2.45, 2.75) is 69.2 Å². The molecule has 0 aliphatic carbocycles. The van der Waals surface area contributed by atoms with Gasteiger partial charge in [0.2, 0.25) is 0 Å². The predicted octanol–water partition coefficient (Wildman–Crippen LogP) is 6.99. The summed E-state index contributed by atoms with van der Waals surface area (Å²) in [5, 5.41) is 2.72. The Bertz CT molecular complexity index is 1070. The van der Waals surface area contributed by atoms with Crippen LogP contribution in [0.3, 0.4) is 0 Å². The van der Waals surface area contributed by atoms with Crippen LogP contribution in [0.5, 0.6) is 0 Å². The Hall–Kier alpha value is -2.15. The molecular formula is C25H31N. The van der Waals surface area contributed by atoms with Crippen LogP contribution in [-0.2, 0) is 0 Å². The van der Waals surface area contributed by atoms with Crippen LogP contribution in [-0.4, -0.2) is 4.98 Å². The van der Waals surface area contributed by atoms with Gasteiger partial charge in [-0.05, 0) is 131 Å². The molecule has 26 heavy (non-hydrogen) atoms. The molecule has 0 spiro atoms. The van der Waals surface area contributed by atoms with Crippen molar-refractivity contribution in [1.29, 1.82) is 0 Å². The number of pyridine rings is 1. The van der Waals surface area contributed by atoms with E-state index in [4.69, 9.17) is 4.98 Å². The maximum atomic E-state index is 5.12. The molecule has 1 aromatic heterocycles. The van der Waals surface area contributed by atoms with E-state index in [0.29, 0.717) is 0 Å². The fourth-order valence-corrected chi connectivity index (χ4v) is 4.22. The lowest BCUT2D eigenvalue weighted by Crippen LogP contribution is -2.04. The molecule has 0 N–H and O–H groups in total. The van der Waals surface area contributed by atoms with Crippen LogP contribution in [0.25, 0.3) is 22.0 Å². The molecule has 0 saturated carbocycles. The standard InChI is InChI=1S/C25H31N/c1-12-11-22(17(6)14(3)13(12)2)25-24-19(8)16(5)15(4)18(7)23(24)20(9)21(10)26-25/h11H,1-10H3. The Labute approximate surface area is 158 Å². The van der Waals surface area contributed by atoms with Gasteiger partial charge in [0.25, 0.3) is 0 Å². The number of benzene rings is 2. The summed E-state index contributed by atoms with van der Waals surface area (Å²) in [7, 11) is 0. The largest absolute Gasteiger partial charge is 0.252 e. The Morgan fingerprint density at radius 3 is 1.58 bits per heavy atom. The van der Waals surface area contributed by atoms with Crippen molar-refractivity contribution < 1.29 is 0 Å². The van der Waals surface area contributed by atoms with Gasteiger partial charge in [0, 0.05) is 16.6 Å². The second-order valence-corrected chi connectivity index (χ2v) is 8.04. The van der Waals surface area contributed by atoms with Gasteiger partial charge in [0.15, 0.2) is 0 Å². The van der Waals surface area contributed by atoms with Crippen molar-refractivity contribution in [3.8, 4) is 11.3 Å². The van der Waals surface area contributed by atoms with Gasteiger partial charge >= 0.3 is 0 Å². The average molecular weight is 346 g/mol. The van der Waals surface area contributed by atoms with Crippen molar-refractivity contribution in [2.75, 3.05) is 0 Å². The van der Waals surface area contributed by atoms with E-state index < -0.39 is 0 Å². The smallest absolute Gasteiger partial charge is 0.0789 e. The first-order chi connectivity index (χ1) is 12.1. The number of rotatable bonds is 1. The van der Waals surface area contributed by atoms with E-state index in [1.165, 1.54) is 66.4 Å². The van der Waals surface area contributed by atoms with E-state index in [1.54, 1.807) is 0 Å². The lowest BCUT2D eigenvalue weighted by Gasteiger charge is -2.22. The topological polar surface area (TPSA) is 12.9 Å². The number of aromatic nitrogens is 1. The highest BCUT2D eigenvalue weighted by atomic mass is 14.7. The number of fused-ring (bicyclic) bond motifs is 1. The molecule has 0 aliphatic rings. The molecule has 2 aromatic carbocycles. The summed E-state index contributed by atoms with van der Waals surface area (Å²) in [4.78, 5) is 5.12. The molecule has 3 aromatic rings. The Morgan fingerprint density at radius 2 is 1.00 bits per heavy atom. The molecule has 136 valence electrons. The first kappa shape index (κ1) is 18.6. The van der Waals surface area contributed by atoms with Crippen molar-refractivity contribution in [3.63, 3.8) is 0 Å². The van der Waals surface area contributed by atoms with Gasteiger partial charge in [-0.25, -0.2) is 0 Å². The van der Waals surface area contributed by atoms with Crippen LogP contribution in [0.15, 0.2) is 6.07 Å². The normalized spacial score (nSPS) is 11.5. The zero-order valence-corrected chi connectivity index (χ0v) is 18.0. The maximum absolute atomic E-state index is 5.12. The van der Waals surface area contributed by atoms with Crippen LogP contribution in [0, 0.1) is 69.2 Å². The highest BCUT2D eigenvalue weighted by Gasteiger charge is 2.20. The zero-order chi connectivity index (χ0) is 19.5. The number of hydrogen-bond acceptors (Lipinski definition) is 1. The van der Waals surface area contributed by atoms with E-state index >= 15 is 0 Å². The minimum absolute atomic E-state index is 1.13. The molecule has 0 fully saturated rings. The zero-order valence-electron chi connectivity index (χ0n) is 18.0. The SMILES string of the molecule is Cc1cc(-c2nc(C)c(C)c3c(C)c(C)c(C)c(C)c23)c(C)c(C)c1C. The summed E-state index contributed by atoms with van der Waals surface area (Å²) in [6.07, 6.45) is 0. The summed E-state index contributed by atoms with van der Waals surface area (Å²) in [5.41, 5.74) is 15.9. The molecule has 0 amide bonds. The van der Waals surface area contributed by atoms with E-state index in [2.05, 4.69) is 75.3 Å². The van der Waals surface area contributed by atoms with Crippen LogP contribution in [0.4, 0.5) is 0 Å². The molecule has 0 atom stereocenters. The first-order valence-electron chi connectivity index (χ1n) is 9.52. The quantitative estimate of drug-likeness (QED) is 0.463. The minimum Gasteiger partial charge on any atom is -0.252 e. The average Bonchev–Trinajstić information content (AvgIpc) is 2.61. The number of hydrogen-bond donors (Lipinski definition) is 0. The number of nitrogens with zero attached hydrogens (tertiary/aromatic N) is 1. The molecule has 3 rings (SSSR count). The summed E-state index contributed by atoms with van der Waals surface area (Å²) in [6.45, 7) is 22.3. The maximum Gasteiger partial charge on any atom is 0.0789 e. The Balaban J connectivity index is 2.60. The van der Waals surface area contributed by atoms with E-state index in [9.17, 15) is 0 Å². The van der Waals surface area contributed by atoms with Gasteiger partial charge in [0.05, 0.1) is 5.69 Å². The molecule has 0 saturated heterocycles. The van der Waals surface area contributed by atoms with Crippen LogP contribution in [0.1, 0.15) is 55.8 Å². The summed E-state index contributed by atoms with van der Waals surface area (Å²) in [6, 6.07) is 2.33. The highest BCUT2D eigenvalue weighted by molar-refractivity contribution is 6.02. The molecule has 0 unspecified atom stereocenters. The third-order valence-corrected chi connectivity index (χ3v) is 6.86. The molecule has 1 heterocycles. The lowest BCUT2D eigenvalue weighted by atomic mass is 9.85. The number of aryl methyl sites for hydroxylation is 5. The van der Waals surface area contributed by atoms with Crippen LogP contribution < -0.4 is 0 Å². The molecule has 0 aliphatic heterocycles. The summed E-state index contributed by atoms with van der Waals surface area (Å²) in [5.74, 6) is 0. The Morgan fingerprint density at radius 1 is 0.500 bits per heavy atom. The van der Waals surface area contributed by atoms with Gasteiger partial charge < -0.3 is 0 Å². The molecular weight excluding hydrogens is 314 g/mol. The van der Waals surface area contributed by atoms with E-state index in [0.717, 1.165) is 11.4 Å². The summed E-state index contributed by atoms with van der Waals surface area (Å²) >= 11 is 0. The molecule has 0 bridgehead atoms. The molecule has 1 heteroatoms. The molecule has 0 radical (unpaired) electrons. The van der Waals surface area contributed by atoms with Gasteiger partial charge in [-0.3, -0.25) is 4.98 Å². The van der Waals surface area contributed by atoms with Gasteiger partial charge in [-0.15, -0.1) is 0 Å².